The van der Waals surface area contributed by atoms with Gasteiger partial charge in [-0.05, 0) is 45.4 Å². The van der Waals surface area contributed by atoms with Crippen LogP contribution >= 0.6 is 11.6 Å². The molecule has 2 rings (SSSR count). The van der Waals surface area contributed by atoms with Gasteiger partial charge in [0.25, 0.3) is 0 Å². The maximum Gasteiger partial charge on any atom is 0.354 e. The molecular formula is C20H25ClN2O5. The lowest BCUT2D eigenvalue weighted by Gasteiger charge is -2.22. The van der Waals surface area contributed by atoms with Crippen LogP contribution in [0.2, 0.25) is 0 Å². The zero-order valence-corrected chi connectivity index (χ0v) is 17.5. The van der Waals surface area contributed by atoms with Crippen LogP contribution < -0.4 is 0 Å². The highest BCUT2D eigenvalue weighted by Gasteiger charge is 2.29. The summed E-state index contributed by atoms with van der Waals surface area (Å²) >= 11 is 5.97. The summed E-state index contributed by atoms with van der Waals surface area (Å²) in [6.45, 7) is 7.40. The Bertz CT molecular complexity index is 868. The number of aromatic nitrogens is 1. The fourth-order valence-electron chi connectivity index (χ4n) is 3.37. The molecule has 8 heteroatoms. The van der Waals surface area contributed by atoms with Crippen molar-refractivity contribution < 1.29 is 23.5 Å². The van der Waals surface area contributed by atoms with E-state index in [4.69, 9.17) is 20.8 Å². The Hall–Kier alpha value is -2.54. The lowest BCUT2D eigenvalue weighted by atomic mass is 10.0. The molecule has 0 saturated heterocycles. The third kappa shape index (κ3) is 4.30. The van der Waals surface area contributed by atoms with Crippen LogP contribution in [0.5, 0.6) is 0 Å². The van der Waals surface area contributed by atoms with E-state index in [1.807, 2.05) is 6.92 Å². The fourth-order valence-corrected chi connectivity index (χ4v) is 3.51. The van der Waals surface area contributed by atoms with Gasteiger partial charge in [0.2, 0.25) is 5.91 Å². The first kappa shape index (κ1) is 21.8. The number of hydrogen-bond donors (Lipinski definition) is 0. The summed E-state index contributed by atoms with van der Waals surface area (Å²) in [6.07, 6.45) is 1.50. The van der Waals surface area contributed by atoms with E-state index in [-0.39, 0.29) is 24.8 Å². The van der Waals surface area contributed by atoms with Gasteiger partial charge in [-0.3, -0.25) is 9.59 Å². The first-order valence-corrected chi connectivity index (χ1v) is 9.42. The molecule has 2 aromatic heterocycles. The fraction of sp³-hybridized carbons (Fsp3) is 0.450. The molecule has 28 heavy (non-hydrogen) atoms. The van der Waals surface area contributed by atoms with Crippen LogP contribution in [-0.2, 0) is 22.6 Å². The topological polar surface area (TPSA) is 81.8 Å². The van der Waals surface area contributed by atoms with Gasteiger partial charge in [0, 0.05) is 17.8 Å². The van der Waals surface area contributed by atoms with Gasteiger partial charge < -0.3 is 18.6 Å². The molecule has 1 amide bonds. The van der Waals surface area contributed by atoms with Gasteiger partial charge in [0.15, 0.2) is 5.78 Å². The quantitative estimate of drug-likeness (QED) is 0.380. The minimum atomic E-state index is -0.782. The molecular weight excluding hydrogens is 384 g/mol. The summed E-state index contributed by atoms with van der Waals surface area (Å²) in [6, 6.07) is 3.44. The Morgan fingerprint density at radius 1 is 1.32 bits per heavy atom. The van der Waals surface area contributed by atoms with E-state index in [2.05, 4.69) is 0 Å². The SMILES string of the molecule is CCn1c(C)c(C(=O)CN(Cc2ccco2)C(=O)[C@@H](C)Cl)c(C)c1C(=O)OC. The maximum atomic E-state index is 13.1. The van der Waals surface area contributed by atoms with Crippen LogP contribution in [0.15, 0.2) is 22.8 Å². The molecule has 0 aliphatic rings. The molecule has 0 unspecified atom stereocenters. The highest BCUT2D eigenvalue weighted by atomic mass is 35.5. The Morgan fingerprint density at radius 2 is 2.00 bits per heavy atom. The summed E-state index contributed by atoms with van der Waals surface area (Å²) in [5.41, 5.74) is 1.97. The number of amides is 1. The van der Waals surface area contributed by atoms with Crippen molar-refractivity contribution in [2.75, 3.05) is 13.7 Å². The molecule has 0 spiro atoms. The smallest absolute Gasteiger partial charge is 0.354 e. The average Bonchev–Trinajstić information content (AvgIpc) is 3.25. The minimum absolute atomic E-state index is 0.130. The molecule has 0 bridgehead atoms. The zero-order valence-electron chi connectivity index (χ0n) is 16.7. The van der Waals surface area contributed by atoms with Crippen molar-refractivity contribution in [3.05, 3.63) is 46.7 Å². The summed E-state index contributed by atoms with van der Waals surface area (Å²) in [4.78, 5) is 39.2. The number of ketones is 1. The molecule has 7 nitrogen and oxygen atoms in total. The van der Waals surface area contributed by atoms with E-state index < -0.39 is 11.3 Å². The third-order valence-corrected chi connectivity index (χ3v) is 4.84. The number of ether oxygens (including phenoxy) is 1. The molecule has 0 radical (unpaired) electrons. The number of esters is 1. The van der Waals surface area contributed by atoms with Gasteiger partial charge in [0.1, 0.15) is 16.8 Å². The van der Waals surface area contributed by atoms with Gasteiger partial charge in [-0.15, -0.1) is 11.6 Å². The van der Waals surface area contributed by atoms with Gasteiger partial charge in [-0.25, -0.2) is 4.79 Å². The van der Waals surface area contributed by atoms with E-state index in [1.165, 1.54) is 18.3 Å². The van der Waals surface area contributed by atoms with Crippen LogP contribution in [0.4, 0.5) is 0 Å². The number of halogens is 1. The summed E-state index contributed by atoms with van der Waals surface area (Å²) in [5.74, 6) is -0.595. The third-order valence-electron chi connectivity index (χ3n) is 4.65. The largest absolute Gasteiger partial charge is 0.467 e. The number of nitrogens with zero attached hydrogens (tertiary/aromatic N) is 2. The Balaban J connectivity index is 2.39. The molecule has 0 aliphatic heterocycles. The van der Waals surface area contributed by atoms with Crippen molar-refractivity contribution in [3.63, 3.8) is 0 Å². The zero-order chi connectivity index (χ0) is 21.0. The van der Waals surface area contributed by atoms with Crippen LogP contribution in [0, 0.1) is 13.8 Å². The van der Waals surface area contributed by atoms with Crippen molar-refractivity contribution in [1.29, 1.82) is 0 Å². The van der Waals surface area contributed by atoms with Gasteiger partial charge in [-0.2, -0.15) is 0 Å². The second kappa shape index (κ2) is 9.10. The lowest BCUT2D eigenvalue weighted by molar-refractivity contribution is -0.130. The molecule has 0 saturated carbocycles. The van der Waals surface area contributed by atoms with Gasteiger partial charge in [-0.1, -0.05) is 0 Å². The first-order valence-electron chi connectivity index (χ1n) is 8.99. The van der Waals surface area contributed by atoms with Crippen LogP contribution in [-0.4, -0.2) is 46.2 Å². The number of carbonyl (C=O) groups excluding carboxylic acids is 3. The van der Waals surface area contributed by atoms with Crippen molar-refractivity contribution in [2.45, 2.75) is 46.2 Å². The Kier molecular flexibility index (Phi) is 7.07. The molecule has 152 valence electrons. The number of hydrogen-bond acceptors (Lipinski definition) is 5. The molecule has 0 aliphatic carbocycles. The van der Waals surface area contributed by atoms with Crippen molar-refractivity contribution >= 4 is 29.3 Å². The van der Waals surface area contributed by atoms with E-state index in [9.17, 15) is 14.4 Å². The number of Topliss-reactive ketones (excluding diaryl/α,β-unsaturated/α-hetero) is 1. The Morgan fingerprint density at radius 3 is 2.50 bits per heavy atom. The van der Waals surface area contributed by atoms with Gasteiger partial charge in [0.05, 0.1) is 26.5 Å². The van der Waals surface area contributed by atoms with E-state index in [1.54, 1.807) is 37.5 Å². The highest BCUT2D eigenvalue weighted by molar-refractivity contribution is 6.30. The number of methoxy groups -OCH3 is 1. The van der Waals surface area contributed by atoms with Gasteiger partial charge >= 0.3 is 5.97 Å². The van der Waals surface area contributed by atoms with Crippen LogP contribution in [0.3, 0.4) is 0 Å². The standard InChI is InChI=1S/C20H25ClN2O5/c1-6-23-14(4)17(12(2)18(23)20(26)27-5)16(24)11-22(19(25)13(3)21)10-15-8-7-9-28-15/h7-9,13H,6,10-11H2,1-5H3/t13-/m1/s1. The first-order chi connectivity index (χ1) is 13.2. The van der Waals surface area contributed by atoms with Crippen molar-refractivity contribution in [3.8, 4) is 0 Å². The Labute approximate surface area is 169 Å². The normalized spacial score (nSPS) is 11.9. The average molecular weight is 409 g/mol. The number of rotatable bonds is 8. The van der Waals surface area contributed by atoms with Crippen LogP contribution in [0.25, 0.3) is 0 Å². The highest BCUT2D eigenvalue weighted by Crippen LogP contribution is 2.24. The van der Waals surface area contributed by atoms with E-state index >= 15 is 0 Å². The predicted octanol–water partition coefficient (Wildman–Crippen LogP) is 3.34. The van der Waals surface area contributed by atoms with E-state index in [0.717, 1.165) is 0 Å². The number of carbonyl (C=O) groups is 3. The second-order valence-corrected chi connectivity index (χ2v) is 7.14. The number of furan rings is 1. The number of alkyl halides is 1. The molecule has 0 aromatic carbocycles. The van der Waals surface area contributed by atoms with Crippen molar-refractivity contribution in [1.82, 2.24) is 9.47 Å². The maximum absolute atomic E-state index is 13.1. The molecule has 2 aromatic rings. The minimum Gasteiger partial charge on any atom is -0.467 e. The monoisotopic (exact) mass is 408 g/mol. The molecule has 2 heterocycles. The predicted molar refractivity (Wildman–Crippen MR) is 105 cm³/mol. The summed E-state index contributed by atoms with van der Waals surface area (Å²) < 4.78 is 11.9. The molecule has 1 atom stereocenters. The van der Waals surface area contributed by atoms with Crippen LogP contribution in [0.1, 0.15) is 51.7 Å². The van der Waals surface area contributed by atoms with E-state index in [0.29, 0.717) is 34.8 Å². The second-order valence-electron chi connectivity index (χ2n) is 6.48. The van der Waals surface area contributed by atoms with Crippen molar-refractivity contribution in [2.24, 2.45) is 0 Å². The molecule has 0 N–H and O–H groups in total. The lowest BCUT2D eigenvalue weighted by Crippen LogP contribution is -2.39. The summed E-state index contributed by atoms with van der Waals surface area (Å²) in [5, 5.41) is -0.782. The molecule has 0 fully saturated rings. The summed E-state index contributed by atoms with van der Waals surface area (Å²) in [7, 11) is 1.30.